The molecule has 0 aliphatic heterocycles. The quantitative estimate of drug-likeness (QED) is 0.752. The molecule has 0 saturated carbocycles. The highest BCUT2D eigenvalue weighted by molar-refractivity contribution is 5.98. The largest absolute Gasteiger partial charge is 0.494 e. The molecule has 0 heterocycles. The molecule has 19 heavy (non-hydrogen) atoms. The minimum absolute atomic E-state index is 0.322. The van der Waals surface area contributed by atoms with Gasteiger partial charge in [-0.2, -0.15) is 0 Å². The standard InChI is InChI=1S/C17H23NO/c1-5-19-16-8-6-14(7-9-16)18-15-10-13(2)11-17(3,4)12-15/h6-10H,5,11-12H2,1-4H3. The molecule has 2 nitrogen and oxygen atoms in total. The number of aliphatic imine (C=N–C) groups is 1. The zero-order valence-electron chi connectivity index (χ0n) is 12.4. The Morgan fingerprint density at radius 3 is 2.42 bits per heavy atom. The van der Waals surface area contributed by atoms with E-state index in [1.54, 1.807) is 0 Å². The molecule has 0 aromatic heterocycles. The van der Waals surface area contributed by atoms with E-state index in [-0.39, 0.29) is 0 Å². The lowest BCUT2D eigenvalue weighted by Crippen LogP contribution is -2.21. The summed E-state index contributed by atoms with van der Waals surface area (Å²) >= 11 is 0. The zero-order valence-corrected chi connectivity index (χ0v) is 12.4. The Morgan fingerprint density at radius 2 is 1.84 bits per heavy atom. The molecule has 0 fully saturated rings. The monoisotopic (exact) mass is 257 g/mol. The van der Waals surface area contributed by atoms with Crippen LogP contribution in [-0.4, -0.2) is 12.3 Å². The number of nitrogens with zero attached hydrogens (tertiary/aromatic N) is 1. The number of allylic oxidation sites excluding steroid dienone is 2. The minimum atomic E-state index is 0.322. The van der Waals surface area contributed by atoms with Crippen molar-refractivity contribution >= 4 is 11.4 Å². The molecule has 0 spiro atoms. The number of benzene rings is 1. The molecule has 1 aliphatic rings. The Morgan fingerprint density at radius 1 is 1.16 bits per heavy atom. The van der Waals surface area contributed by atoms with Crippen molar-refractivity contribution in [2.45, 2.75) is 40.5 Å². The second-order valence-corrected chi connectivity index (χ2v) is 6.04. The highest BCUT2D eigenvalue weighted by atomic mass is 16.5. The van der Waals surface area contributed by atoms with Gasteiger partial charge in [0.15, 0.2) is 0 Å². The molecular formula is C17H23NO. The summed E-state index contributed by atoms with van der Waals surface area (Å²) in [5, 5.41) is 0. The van der Waals surface area contributed by atoms with E-state index in [0.29, 0.717) is 12.0 Å². The summed E-state index contributed by atoms with van der Waals surface area (Å²) in [6.07, 6.45) is 4.43. The smallest absolute Gasteiger partial charge is 0.119 e. The molecule has 2 rings (SSSR count). The molecule has 0 bridgehead atoms. The lowest BCUT2D eigenvalue weighted by Gasteiger charge is -2.29. The summed E-state index contributed by atoms with van der Waals surface area (Å²) in [6, 6.07) is 7.99. The van der Waals surface area contributed by atoms with Crippen molar-refractivity contribution in [1.29, 1.82) is 0 Å². The molecule has 0 unspecified atom stereocenters. The Balaban J connectivity index is 2.18. The first kappa shape index (κ1) is 13.9. The minimum Gasteiger partial charge on any atom is -0.494 e. The van der Waals surface area contributed by atoms with E-state index in [1.807, 2.05) is 31.2 Å². The predicted octanol–water partition coefficient (Wildman–Crippen LogP) is 4.92. The fourth-order valence-corrected chi connectivity index (χ4v) is 2.72. The molecule has 0 radical (unpaired) electrons. The van der Waals surface area contributed by atoms with Crippen molar-refractivity contribution in [3.63, 3.8) is 0 Å². The van der Waals surface area contributed by atoms with Crippen LogP contribution in [0.2, 0.25) is 0 Å². The fraction of sp³-hybridized carbons (Fsp3) is 0.471. The third-order valence-corrected chi connectivity index (χ3v) is 3.25. The van der Waals surface area contributed by atoms with E-state index >= 15 is 0 Å². The van der Waals surface area contributed by atoms with Gasteiger partial charge in [0.05, 0.1) is 12.3 Å². The summed E-state index contributed by atoms with van der Waals surface area (Å²) in [7, 11) is 0. The van der Waals surface area contributed by atoms with Crippen molar-refractivity contribution in [3.8, 4) is 5.75 Å². The average molecular weight is 257 g/mol. The van der Waals surface area contributed by atoms with E-state index < -0.39 is 0 Å². The third-order valence-electron chi connectivity index (χ3n) is 3.25. The summed E-state index contributed by atoms with van der Waals surface area (Å²) in [6.45, 7) is 9.48. The van der Waals surface area contributed by atoms with E-state index in [9.17, 15) is 0 Å². The van der Waals surface area contributed by atoms with Crippen LogP contribution >= 0.6 is 0 Å². The Hall–Kier alpha value is -1.57. The molecule has 102 valence electrons. The van der Waals surface area contributed by atoms with Gasteiger partial charge in [-0.1, -0.05) is 19.4 Å². The number of hydrogen-bond acceptors (Lipinski definition) is 2. The highest BCUT2D eigenvalue weighted by Crippen LogP contribution is 2.34. The topological polar surface area (TPSA) is 21.6 Å². The van der Waals surface area contributed by atoms with Gasteiger partial charge >= 0.3 is 0 Å². The number of hydrogen-bond donors (Lipinski definition) is 0. The molecule has 2 heteroatoms. The van der Waals surface area contributed by atoms with Crippen molar-refractivity contribution < 1.29 is 4.74 Å². The van der Waals surface area contributed by atoms with Crippen LogP contribution in [0.5, 0.6) is 5.75 Å². The van der Waals surface area contributed by atoms with Crippen LogP contribution in [0.25, 0.3) is 0 Å². The first-order chi connectivity index (χ1) is 8.98. The Kier molecular flexibility index (Phi) is 4.08. The SMILES string of the molecule is CCOc1ccc(N=C2C=C(C)CC(C)(C)C2)cc1. The van der Waals surface area contributed by atoms with E-state index in [1.165, 1.54) is 11.3 Å². The van der Waals surface area contributed by atoms with Crippen molar-refractivity contribution in [1.82, 2.24) is 0 Å². The summed E-state index contributed by atoms with van der Waals surface area (Å²) < 4.78 is 5.44. The predicted molar refractivity (Wildman–Crippen MR) is 81.5 cm³/mol. The van der Waals surface area contributed by atoms with Gasteiger partial charge in [-0.05, 0) is 62.4 Å². The fourth-order valence-electron chi connectivity index (χ4n) is 2.72. The van der Waals surface area contributed by atoms with E-state index in [4.69, 9.17) is 9.73 Å². The maximum absolute atomic E-state index is 5.44. The normalized spacial score (nSPS) is 20.2. The van der Waals surface area contributed by atoms with Crippen LogP contribution in [0.1, 0.15) is 40.5 Å². The van der Waals surface area contributed by atoms with Gasteiger partial charge in [0, 0.05) is 5.71 Å². The second kappa shape index (κ2) is 5.60. The molecule has 0 atom stereocenters. The molecule has 0 N–H and O–H groups in total. The second-order valence-electron chi connectivity index (χ2n) is 6.04. The van der Waals surface area contributed by atoms with Crippen LogP contribution in [-0.2, 0) is 0 Å². The van der Waals surface area contributed by atoms with Gasteiger partial charge in [-0.25, -0.2) is 0 Å². The van der Waals surface area contributed by atoms with Gasteiger partial charge in [0.25, 0.3) is 0 Å². The average Bonchev–Trinajstić information content (AvgIpc) is 2.29. The number of rotatable bonds is 3. The Bertz CT molecular complexity index is 494. The van der Waals surface area contributed by atoms with Gasteiger partial charge < -0.3 is 4.74 Å². The summed E-state index contributed by atoms with van der Waals surface area (Å²) in [5.74, 6) is 0.905. The van der Waals surface area contributed by atoms with Gasteiger partial charge in [-0.3, -0.25) is 4.99 Å². The van der Waals surface area contributed by atoms with E-state index in [0.717, 1.165) is 24.3 Å². The first-order valence-electron chi connectivity index (χ1n) is 6.96. The summed E-state index contributed by atoms with van der Waals surface area (Å²) in [5.41, 5.74) is 3.92. The highest BCUT2D eigenvalue weighted by Gasteiger charge is 2.24. The Labute approximate surface area is 116 Å². The van der Waals surface area contributed by atoms with Crippen LogP contribution in [0.15, 0.2) is 40.9 Å². The first-order valence-corrected chi connectivity index (χ1v) is 6.96. The molecular weight excluding hydrogens is 234 g/mol. The van der Waals surface area contributed by atoms with Crippen molar-refractivity contribution in [2.24, 2.45) is 10.4 Å². The van der Waals surface area contributed by atoms with Crippen LogP contribution in [0.4, 0.5) is 5.69 Å². The molecule has 0 saturated heterocycles. The zero-order chi connectivity index (χ0) is 13.9. The van der Waals surface area contributed by atoms with Gasteiger partial charge in [-0.15, -0.1) is 0 Å². The molecule has 0 amide bonds. The molecule has 1 aliphatic carbocycles. The maximum Gasteiger partial charge on any atom is 0.119 e. The van der Waals surface area contributed by atoms with Crippen molar-refractivity contribution in [3.05, 3.63) is 35.9 Å². The molecule has 1 aromatic rings. The third kappa shape index (κ3) is 3.95. The van der Waals surface area contributed by atoms with Gasteiger partial charge in [0.1, 0.15) is 5.75 Å². The molecule has 1 aromatic carbocycles. The lowest BCUT2D eigenvalue weighted by atomic mass is 9.77. The van der Waals surface area contributed by atoms with Crippen molar-refractivity contribution in [2.75, 3.05) is 6.61 Å². The van der Waals surface area contributed by atoms with E-state index in [2.05, 4.69) is 26.8 Å². The van der Waals surface area contributed by atoms with Crippen LogP contribution in [0, 0.1) is 5.41 Å². The summed E-state index contributed by atoms with van der Waals surface area (Å²) in [4.78, 5) is 4.75. The maximum atomic E-state index is 5.44. The van der Waals surface area contributed by atoms with Gasteiger partial charge in [0.2, 0.25) is 0 Å². The van der Waals surface area contributed by atoms with Crippen LogP contribution < -0.4 is 4.74 Å². The lowest BCUT2D eigenvalue weighted by molar-refractivity contribution is 0.340. The van der Waals surface area contributed by atoms with Crippen LogP contribution in [0.3, 0.4) is 0 Å². The number of ether oxygens (including phenoxy) is 1.